The fourth-order valence-electron chi connectivity index (χ4n) is 5.71. The van der Waals surface area contributed by atoms with Gasteiger partial charge in [-0.1, -0.05) is 84.9 Å². The van der Waals surface area contributed by atoms with Crippen LogP contribution in [0.25, 0.3) is 0 Å². The van der Waals surface area contributed by atoms with Crippen LogP contribution in [0.15, 0.2) is 170 Å². The van der Waals surface area contributed by atoms with Crippen LogP contribution in [-0.2, 0) is 19.1 Å². The third-order valence-corrected chi connectivity index (χ3v) is 15.6. The molecular weight excluding hydrogens is 1820 g/mol. The first-order valence-corrected chi connectivity index (χ1v) is 32.4. The van der Waals surface area contributed by atoms with Gasteiger partial charge in [-0.15, -0.1) is 23.2 Å². The van der Waals surface area contributed by atoms with Crippen molar-refractivity contribution in [2.45, 2.75) is 85.1 Å². The number of hydrogen-bond acceptors (Lipinski definition) is 9. The summed E-state index contributed by atoms with van der Waals surface area (Å²) in [6.07, 6.45) is -1.88. The molecule has 0 aliphatic heterocycles. The Labute approximate surface area is 566 Å². The van der Waals surface area contributed by atoms with Crippen LogP contribution in [0.3, 0.4) is 0 Å². The van der Waals surface area contributed by atoms with E-state index in [2.05, 4.69) is 158 Å². The minimum atomic E-state index is -0.391. The Kier molecular flexibility index (Phi) is 40.7. The molecule has 0 heterocycles. The van der Waals surface area contributed by atoms with Gasteiger partial charge < -0.3 is 29.9 Å². The van der Waals surface area contributed by atoms with Crippen molar-refractivity contribution in [3.05, 3.63) is 234 Å². The molecule has 3 unspecified atom stereocenters. The zero-order chi connectivity index (χ0) is 58.9. The molecule has 0 bridgehead atoms. The maximum absolute atomic E-state index is 10.9. The van der Waals surface area contributed by atoms with E-state index in [9.17, 15) is 14.4 Å². The lowest BCUT2D eigenvalue weighted by molar-refractivity contribution is -0.146. The predicted molar refractivity (Wildman–Crippen MR) is 377 cm³/mol. The number of esters is 2. The highest BCUT2D eigenvalue weighted by Gasteiger charge is 2.11. The Bertz CT molecular complexity index is 2490. The number of hydrogen-bond donors (Lipinski definition) is 4. The minimum Gasteiger partial charge on any atom is -0.457 e. The van der Waals surface area contributed by atoms with Gasteiger partial charge in [-0.05, 0) is 325 Å². The third kappa shape index (κ3) is 34.3. The molecule has 7 aromatic rings. The van der Waals surface area contributed by atoms with Crippen molar-refractivity contribution in [1.29, 1.82) is 0 Å². The number of carbonyl (C=O) groups is 3. The second-order valence-corrected chi connectivity index (χ2v) is 25.9. The van der Waals surface area contributed by atoms with Crippen LogP contribution in [0.4, 0.5) is 0 Å². The van der Waals surface area contributed by atoms with Crippen molar-refractivity contribution < 1.29 is 44.3 Å². The first-order chi connectivity index (χ1) is 36.8. The lowest BCUT2D eigenvalue weighted by Gasteiger charge is -2.12. The number of ketones is 1. The van der Waals surface area contributed by atoms with Gasteiger partial charge in [0.2, 0.25) is 0 Å². The fraction of sp³-hybridized carbons (Fsp3) is 0.250. The molecule has 78 heavy (non-hydrogen) atoms. The molecule has 0 aliphatic carbocycles. The Hall–Kier alpha value is -1.32. The maximum atomic E-state index is 10.9. The molecule has 7 rings (SSSR count). The van der Waals surface area contributed by atoms with Gasteiger partial charge in [0.25, 0.3) is 0 Å². The quantitative estimate of drug-likeness (QED) is 0.0429. The molecular formula is C60H63Cl2I7O9. The molecule has 4 N–H and O–H groups in total. The average molecular weight is 1890 g/mol. The van der Waals surface area contributed by atoms with Gasteiger partial charge in [0.05, 0.1) is 24.4 Å². The Morgan fingerprint density at radius 2 is 0.513 bits per heavy atom. The molecule has 0 radical (unpaired) electrons. The van der Waals surface area contributed by atoms with E-state index in [0.717, 1.165) is 49.7 Å². The SMILES string of the molecule is CC(=O)c1ccc(I)cc1.CC(O)c1ccc(I)cc1.CC(O)c1ccc(I)cc1.CC(OC(=O)CCl)c1ccc(I)cc1.C[C@@H](O)c1ccc(I)cc1.C[C@H](O)c1ccc(I)cc1.C[C@H](OC(=O)CCl)c1ccc(I)cc1. The summed E-state index contributed by atoms with van der Waals surface area (Å²) in [6.45, 7) is 12.3. The first kappa shape index (κ1) is 74.7. The topological polar surface area (TPSA) is 151 Å². The highest BCUT2D eigenvalue weighted by Crippen LogP contribution is 2.21. The molecule has 0 saturated heterocycles. The summed E-state index contributed by atoms with van der Waals surface area (Å²) in [7, 11) is 0. The number of halogens is 9. The summed E-state index contributed by atoms with van der Waals surface area (Å²) in [6, 6.07) is 54.6. The summed E-state index contributed by atoms with van der Waals surface area (Å²) in [5, 5.41) is 36.4. The zero-order valence-electron chi connectivity index (χ0n) is 43.8. The van der Waals surface area contributed by atoms with Crippen LogP contribution < -0.4 is 0 Å². The summed E-state index contributed by atoms with van der Waals surface area (Å²) in [5.74, 6) is -0.865. The number of aliphatic hydroxyl groups is 4. The van der Waals surface area contributed by atoms with Crippen molar-refractivity contribution in [3.63, 3.8) is 0 Å². The summed E-state index contributed by atoms with van der Waals surface area (Å²) >= 11 is 26.3. The van der Waals surface area contributed by atoms with Crippen molar-refractivity contribution in [3.8, 4) is 0 Å². The number of Topliss-reactive ketones (excluding diaryl/α,β-unsaturated/α-hetero) is 1. The highest BCUT2D eigenvalue weighted by molar-refractivity contribution is 14.1. The molecule has 7 aromatic carbocycles. The largest absolute Gasteiger partial charge is 0.457 e. The molecule has 0 amide bonds. The minimum absolute atomic E-state index is 0.102. The third-order valence-electron chi connectivity index (χ3n) is 10.2. The Morgan fingerprint density at radius 1 is 0.346 bits per heavy atom. The molecule has 9 nitrogen and oxygen atoms in total. The van der Waals surface area contributed by atoms with Crippen LogP contribution in [0.1, 0.15) is 129 Å². The van der Waals surface area contributed by atoms with Gasteiger partial charge in [-0.3, -0.25) is 14.4 Å². The normalized spacial score (nSPS) is 12.3. The highest BCUT2D eigenvalue weighted by atomic mass is 127. The molecule has 0 aliphatic rings. The van der Waals surface area contributed by atoms with Gasteiger partial charge in [0.15, 0.2) is 5.78 Å². The maximum Gasteiger partial charge on any atom is 0.321 e. The van der Waals surface area contributed by atoms with Gasteiger partial charge in [-0.2, -0.15) is 0 Å². The van der Waals surface area contributed by atoms with Crippen LogP contribution >= 0.6 is 181 Å². The summed E-state index contributed by atoms with van der Waals surface area (Å²) < 4.78 is 18.4. The molecule has 0 fully saturated rings. The van der Waals surface area contributed by atoms with E-state index in [1.165, 1.54) is 14.3 Å². The number of carbonyl (C=O) groups excluding carboxylic acids is 3. The van der Waals surface area contributed by atoms with E-state index in [-0.39, 0.29) is 54.2 Å². The second kappa shape index (κ2) is 42.5. The zero-order valence-corrected chi connectivity index (χ0v) is 60.4. The van der Waals surface area contributed by atoms with Gasteiger partial charge in [-0.25, -0.2) is 0 Å². The van der Waals surface area contributed by atoms with Crippen molar-refractivity contribution >= 4 is 199 Å². The van der Waals surface area contributed by atoms with Crippen molar-refractivity contribution in [2.24, 2.45) is 0 Å². The molecule has 18 heteroatoms. The lowest BCUT2D eigenvalue weighted by atomic mass is 10.1. The van der Waals surface area contributed by atoms with Gasteiger partial charge >= 0.3 is 11.9 Å². The van der Waals surface area contributed by atoms with E-state index in [1.54, 1.807) is 34.6 Å². The second-order valence-electron chi connectivity index (χ2n) is 16.6. The molecule has 0 aromatic heterocycles. The number of alkyl halides is 2. The first-order valence-electron chi connectivity index (χ1n) is 23.8. The van der Waals surface area contributed by atoms with Crippen LogP contribution in [0.2, 0.25) is 0 Å². The van der Waals surface area contributed by atoms with Gasteiger partial charge in [0, 0.05) is 30.6 Å². The Balaban J connectivity index is 0.000000457. The Morgan fingerprint density at radius 3 is 0.667 bits per heavy atom. The number of rotatable bonds is 11. The number of benzene rings is 7. The van der Waals surface area contributed by atoms with E-state index in [0.29, 0.717) is 0 Å². The van der Waals surface area contributed by atoms with Crippen molar-refractivity contribution in [1.82, 2.24) is 0 Å². The lowest BCUT2D eigenvalue weighted by Crippen LogP contribution is -2.09. The summed E-state index contributed by atoms with van der Waals surface area (Å²) in [4.78, 5) is 32.6. The number of ether oxygens (including phenoxy) is 2. The number of aliphatic hydroxyl groups excluding tert-OH is 4. The predicted octanol–water partition coefficient (Wildman–Crippen LogP) is 18.1. The standard InChI is InChI=1S/2C10H10ClIO2.4C8H9IO.C8H7IO/c2*1-7(14-10(13)6-11)8-2-4-9(12)5-3-8;5*1-6(10)7-2-4-8(9)5-3-7/h2*2-5,7H,6H2,1H3;4*2-6,10H,1H3;2-5H,1H3/t7-;;2*6-;;;/m0.10.../s1. The summed E-state index contributed by atoms with van der Waals surface area (Å²) in [5.41, 5.74) is 6.62. The fourth-order valence-corrected chi connectivity index (χ4v) is 8.35. The smallest absolute Gasteiger partial charge is 0.321 e. The van der Waals surface area contributed by atoms with Crippen molar-refractivity contribution in [2.75, 3.05) is 11.8 Å². The van der Waals surface area contributed by atoms with Crippen LogP contribution in [-0.4, -0.2) is 49.9 Å². The van der Waals surface area contributed by atoms with E-state index in [4.69, 9.17) is 53.1 Å². The average Bonchev–Trinajstić information content (AvgIpc) is 3.40. The van der Waals surface area contributed by atoms with E-state index >= 15 is 0 Å². The van der Waals surface area contributed by atoms with E-state index in [1.807, 2.05) is 184 Å². The molecule has 0 saturated carbocycles. The monoisotopic (exact) mass is 1890 g/mol. The molecule has 0 spiro atoms. The molecule has 420 valence electrons. The van der Waals surface area contributed by atoms with Crippen LogP contribution in [0, 0.1) is 25.0 Å². The van der Waals surface area contributed by atoms with E-state index < -0.39 is 11.9 Å². The van der Waals surface area contributed by atoms with Crippen LogP contribution in [0.5, 0.6) is 0 Å². The molecule has 6 atom stereocenters. The van der Waals surface area contributed by atoms with Gasteiger partial charge in [0.1, 0.15) is 24.0 Å².